The van der Waals surface area contributed by atoms with E-state index in [1.54, 1.807) is 54.6 Å². The minimum atomic E-state index is -0.558. The van der Waals surface area contributed by atoms with Gasteiger partial charge in [-0.15, -0.1) is 0 Å². The van der Waals surface area contributed by atoms with E-state index in [9.17, 15) is 14.4 Å². The van der Waals surface area contributed by atoms with Crippen LogP contribution in [0.5, 0.6) is 0 Å². The normalized spacial score (nSPS) is 15.0. The van der Waals surface area contributed by atoms with Gasteiger partial charge < -0.3 is 9.73 Å². The summed E-state index contributed by atoms with van der Waals surface area (Å²) in [4.78, 5) is 38.2. The molecule has 9 heteroatoms. The average molecular weight is 473 g/mol. The topological polar surface area (TPSA) is 79.6 Å². The number of imide groups is 1. The number of nitrogens with one attached hydrogen (secondary N) is 1. The molecule has 3 amide bonds. The van der Waals surface area contributed by atoms with Crippen LogP contribution in [0.3, 0.4) is 0 Å². The summed E-state index contributed by atoms with van der Waals surface area (Å²) in [6, 6.07) is 17.1. The van der Waals surface area contributed by atoms with Crippen LogP contribution in [0.15, 0.2) is 70.0 Å². The zero-order valence-electron chi connectivity index (χ0n) is 15.8. The first-order valence-electron chi connectivity index (χ1n) is 9.06. The number of amides is 3. The number of benzene rings is 2. The summed E-state index contributed by atoms with van der Waals surface area (Å²) >= 11 is 13.0. The number of nitrogens with zero attached hydrogens (tertiary/aromatic N) is 1. The summed E-state index contributed by atoms with van der Waals surface area (Å²) < 4.78 is 5.75. The first-order valence-corrected chi connectivity index (χ1v) is 10.6. The summed E-state index contributed by atoms with van der Waals surface area (Å²) in [6.45, 7) is -0.377. The number of hydrogen-bond donors (Lipinski definition) is 1. The van der Waals surface area contributed by atoms with E-state index in [1.165, 1.54) is 6.08 Å². The van der Waals surface area contributed by atoms with E-state index in [2.05, 4.69) is 5.32 Å². The van der Waals surface area contributed by atoms with E-state index in [0.717, 1.165) is 16.7 Å². The van der Waals surface area contributed by atoms with Crippen LogP contribution < -0.4 is 5.32 Å². The molecule has 1 saturated heterocycles. The summed E-state index contributed by atoms with van der Waals surface area (Å²) in [5.74, 6) is -0.187. The predicted octanol–water partition coefficient (Wildman–Crippen LogP) is 5.93. The van der Waals surface area contributed by atoms with Crippen molar-refractivity contribution in [3.05, 3.63) is 81.4 Å². The van der Waals surface area contributed by atoms with Gasteiger partial charge in [0.1, 0.15) is 18.1 Å². The number of carbonyl (C=O) groups excluding carboxylic acids is 3. The first-order chi connectivity index (χ1) is 14.9. The third-order valence-corrected chi connectivity index (χ3v) is 5.80. The van der Waals surface area contributed by atoms with Crippen molar-refractivity contribution < 1.29 is 18.8 Å². The van der Waals surface area contributed by atoms with Crippen molar-refractivity contribution in [1.82, 2.24) is 4.90 Å². The van der Waals surface area contributed by atoms with Crippen molar-refractivity contribution in [2.75, 3.05) is 11.9 Å². The minimum absolute atomic E-state index is 0.163. The van der Waals surface area contributed by atoms with Gasteiger partial charge in [-0.2, -0.15) is 0 Å². The second kappa shape index (κ2) is 9.01. The van der Waals surface area contributed by atoms with E-state index < -0.39 is 17.1 Å². The molecular formula is C22H14Cl2N2O4S. The number of rotatable bonds is 5. The van der Waals surface area contributed by atoms with Crippen molar-refractivity contribution in [1.29, 1.82) is 0 Å². The van der Waals surface area contributed by atoms with Crippen LogP contribution in [0.2, 0.25) is 10.0 Å². The quantitative estimate of drug-likeness (QED) is 0.465. The van der Waals surface area contributed by atoms with Gasteiger partial charge in [-0.05, 0) is 54.2 Å². The Morgan fingerprint density at radius 2 is 1.84 bits per heavy atom. The fraction of sp³-hybridized carbons (Fsp3) is 0.0455. The van der Waals surface area contributed by atoms with Gasteiger partial charge in [-0.1, -0.05) is 41.4 Å². The molecule has 0 atom stereocenters. The molecule has 0 spiro atoms. The maximum Gasteiger partial charge on any atom is 0.294 e. The summed E-state index contributed by atoms with van der Waals surface area (Å²) in [5.41, 5.74) is 1.19. The molecule has 1 aromatic heterocycles. The number of carbonyl (C=O) groups is 3. The van der Waals surface area contributed by atoms with Gasteiger partial charge in [0.25, 0.3) is 11.1 Å². The number of thioether (sulfide) groups is 1. The largest absolute Gasteiger partial charge is 0.457 e. The number of anilines is 1. The Hall–Kier alpha value is -3.00. The molecule has 6 nitrogen and oxygen atoms in total. The second-order valence-electron chi connectivity index (χ2n) is 6.51. The second-order valence-corrected chi connectivity index (χ2v) is 8.35. The highest BCUT2D eigenvalue weighted by atomic mass is 35.5. The molecule has 1 N–H and O–H groups in total. The maximum atomic E-state index is 12.6. The predicted molar refractivity (Wildman–Crippen MR) is 122 cm³/mol. The third-order valence-electron chi connectivity index (χ3n) is 4.33. The smallest absolute Gasteiger partial charge is 0.294 e. The van der Waals surface area contributed by atoms with E-state index in [0.29, 0.717) is 32.8 Å². The average Bonchev–Trinajstić information content (AvgIpc) is 3.31. The highest BCUT2D eigenvalue weighted by Crippen LogP contribution is 2.35. The van der Waals surface area contributed by atoms with Crippen molar-refractivity contribution in [2.45, 2.75) is 0 Å². The maximum absolute atomic E-state index is 12.6. The van der Waals surface area contributed by atoms with E-state index in [1.807, 2.05) is 6.07 Å². The Balaban J connectivity index is 1.48. The highest BCUT2D eigenvalue weighted by Gasteiger charge is 2.36. The minimum Gasteiger partial charge on any atom is -0.457 e. The molecule has 2 heterocycles. The number of furan rings is 1. The SMILES string of the molecule is O=C(CN1C(=O)S/C(=C\c2ccc(-c3cc(Cl)ccc3Cl)o2)C1=O)Nc1ccccc1. The molecule has 31 heavy (non-hydrogen) atoms. The van der Waals surface area contributed by atoms with E-state index in [-0.39, 0.29) is 11.4 Å². The molecule has 1 aliphatic heterocycles. The Morgan fingerprint density at radius 3 is 2.61 bits per heavy atom. The monoisotopic (exact) mass is 472 g/mol. The van der Waals surface area contributed by atoms with Gasteiger partial charge in [0.05, 0.1) is 9.93 Å². The van der Waals surface area contributed by atoms with Crippen molar-refractivity contribution >= 4 is 63.8 Å². The van der Waals surface area contributed by atoms with Crippen LogP contribution in [-0.4, -0.2) is 28.5 Å². The van der Waals surface area contributed by atoms with Crippen LogP contribution >= 0.6 is 35.0 Å². The van der Waals surface area contributed by atoms with E-state index in [4.69, 9.17) is 27.6 Å². The number of hydrogen-bond acceptors (Lipinski definition) is 5. The van der Waals surface area contributed by atoms with Crippen LogP contribution in [0, 0.1) is 0 Å². The Labute approximate surface area is 191 Å². The van der Waals surface area contributed by atoms with Gasteiger partial charge in [0.2, 0.25) is 5.91 Å². The number of para-hydroxylation sites is 1. The molecule has 1 aliphatic rings. The highest BCUT2D eigenvalue weighted by molar-refractivity contribution is 8.18. The molecule has 0 bridgehead atoms. The van der Waals surface area contributed by atoms with Crippen LogP contribution in [0.4, 0.5) is 10.5 Å². The molecule has 1 fully saturated rings. The molecule has 2 aromatic carbocycles. The van der Waals surface area contributed by atoms with Gasteiger partial charge in [-0.25, -0.2) is 0 Å². The van der Waals surface area contributed by atoms with Crippen molar-refractivity contribution in [3.8, 4) is 11.3 Å². The molecule has 156 valence electrons. The fourth-order valence-electron chi connectivity index (χ4n) is 2.89. The number of halogens is 2. The lowest BCUT2D eigenvalue weighted by Crippen LogP contribution is -2.36. The van der Waals surface area contributed by atoms with Crippen molar-refractivity contribution in [3.63, 3.8) is 0 Å². The zero-order valence-corrected chi connectivity index (χ0v) is 18.1. The third kappa shape index (κ3) is 4.85. The van der Waals surface area contributed by atoms with Gasteiger partial charge in [-0.3, -0.25) is 19.3 Å². The first kappa shape index (κ1) is 21.2. The Kier molecular flexibility index (Phi) is 6.18. The molecule has 4 rings (SSSR count). The lowest BCUT2D eigenvalue weighted by atomic mass is 10.2. The zero-order chi connectivity index (χ0) is 22.0. The molecule has 3 aromatic rings. The lowest BCUT2D eigenvalue weighted by molar-refractivity contribution is -0.127. The molecule has 0 saturated carbocycles. The molecule has 0 unspecified atom stereocenters. The van der Waals surface area contributed by atoms with Crippen LogP contribution in [0.25, 0.3) is 17.4 Å². The molecule has 0 radical (unpaired) electrons. The summed E-state index contributed by atoms with van der Waals surface area (Å²) in [7, 11) is 0. The Morgan fingerprint density at radius 1 is 1.06 bits per heavy atom. The van der Waals surface area contributed by atoms with Crippen LogP contribution in [-0.2, 0) is 9.59 Å². The van der Waals surface area contributed by atoms with E-state index >= 15 is 0 Å². The van der Waals surface area contributed by atoms with Gasteiger partial charge >= 0.3 is 0 Å². The molecule has 0 aliphatic carbocycles. The van der Waals surface area contributed by atoms with Gasteiger partial charge in [0.15, 0.2) is 0 Å². The Bertz CT molecular complexity index is 1210. The van der Waals surface area contributed by atoms with Crippen LogP contribution in [0.1, 0.15) is 5.76 Å². The lowest BCUT2D eigenvalue weighted by Gasteiger charge is -2.12. The fourth-order valence-corrected chi connectivity index (χ4v) is 4.09. The summed E-state index contributed by atoms with van der Waals surface area (Å²) in [5, 5.41) is 3.10. The standard InChI is InChI=1S/C22H14Cl2N2O4S/c23-13-6-8-17(24)16(10-13)18-9-7-15(30-18)11-19-21(28)26(22(29)31-19)12-20(27)25-14-4-2-1-3-5-14/h1-11H,12H2,(H,25,27)/b19-11-. The van der Waals surface area contributed by atoms with Gasteiger partial charge in [0, 0.05) is 22.3 Å². The molecular weight excluding hydrogens is 459 g/mol. The summed E-state index contributed by atoms with van der Waals surface area (Å²) in [6.07, 6.45) is 1.46. The van der Waals surface area contributed by atoms with Crippen molar-refractivity contribution in [2.24, 2.45) is 0 Å².